The number of rotatable bonds is 3. The molecule has 6 heteroatoms. The van der Waals surface area contributed by atoms with E-state index in [4.69, 9.17) is 9.47 Å². The lowest BCUT2D eigenvalue weighted by atomic mass is 10.1. The van der Waals surface area contributed by atoms with Gasteiger partial charge in [-0.1, -0.05) is 0 Å². The number of piperidine rings is 1. The molecular weight excluding hydrogens is 284 g/mol. The summed E-state index contributed by atoms with van der Waals surface area (Å²) in [6.45, 7) is 3.28. The Morgan fingerprint density at radius 3 is 2.59 bits per heavy atom. The Bertz CT molecular complexity index is 582. The fraction of sp³-hybridized carbons (Fsp3) is 0.500. The summed E-state index contributed by atoms with van der Waals surface area (Å²) in [5, 5.41) is 0. The predicted molar refractivity (Wildman–Crippen MR) is 81.0 cm³/mol. The van der Waals surface area contributed by atoms with Crippen molar-refractivity contribution in [2.24, 2.45) is 0 Å². The summed E-state index contributed by atoms with van der Waals surface area (Å²) in [4.78, 5) is 27.7. The van der Waals surface area contributed by atoms with Gasteiger partial charge in [-0.2, -0.15) is 0 Å². The lowest BCUT2D eigenvalue weighted by Crippen LogP contribution is -2.44. The number of fused-ring (bicyclic) bond motifs is 1. The van der Waals surface area contributed by atoms with E-state index in [1.54, 1.807) is 18.2 Å². The molecule has 3 rings (SSSR count). The standard InChI is InChI=1S/C16H20N2O4/c1-12(19)18(10-16(20)17-7-3-2-4-8-17)13-5-6-14-15(9-13)22-11-21-14/h5-6,9H,2-4,7-8,10-11H2,1H3. The Morgan fingerprint density at radius 2 is 1.86 bits per heavy atom. The highest BCUT2D eigenvalue weighted by molar-refractivity contribution is 5.97. The number of amides is 2. The van der Waals surface area contributed by atoms with Gasteiger partial charge in [0.1, 0.15) is 6.54 Å². The van der Waals surface area contributed by atoms with E-state index in [0.717, 1.165) is 25.9 Å². The van der Waals surface area contributed by atoms with Crippen molar-refractivity contribution in [1.29, 1.82) is 0 Å². The first-order valence-corrected chi connectivity index (χ1v) is 7.60. The third kappa shape index (κ3) is 3.00. The van der Waals surface area contributed by atoms with E-state index in [1.807, 2.05) is 4.90 Å². The maximum Gasteiger partial charge on any atom is 0.242 e. The zero-order valence-electron chi connectivity index (χ0n) is 12.7. The van der Waals surface area contributed by atoms with Crippen LogP contribution in [-0.4, -0.2) is 43.1 Å². The zero-order chi connectivity index (χ0) is 15.5. The Kier molecular flexibility index (Phi) is 4.18. The van der Waals surface area contributed by atoms with Gasteiger partial charge in [-0.3, -0.25) is 9.59 Å². The lowest BCUT2D eigenvalue weighted by molar-refractivity contribution is -0.132. The van der Waals surface area contributed by atoms with E-state index in [2.05, 4.69) is 0 Å². The number of anilines is 1. The molecule has 0 aromatic heterocycles. The maximum absolute atomic E-state index is 12.4. The highest BCUT2D eigenvalue weighted by Gasteiger charge is 2.23. The first-order chi connectivity index (χ1) is 10.6. The highest BCUT2D eigenvalue weighted by atomic mass is 16.7. The SMILES string of the molecule is CC(=O)N(CC(=O)N1CCCCC1)c1ccc2c(c1)OCO2. The number of nitrogens with zero attached hydrogens (tertiary/aromatic N) is 2. The fourth-order valence-electron chi connectivity index (χ4n) is 2.82. The Hall–Kier alpha value is -2.24. The molecule has 0 bridgehead atoms. The second-order valence-electron chi connectivity index (χ2n) is 5.58. The lowest BCUT2D eigenvalue weighted by Gasteiger charge is -2.29. The van der Waals surface area contributed by atoms with Crippen LogP contribution in [0.2, 0.25) is 0 Å². The molecule has 118 valence electrons. The minimum atomic E-state index is -0.163. The second kappa shape index (κ2) is 6.25. The molecule has 2 aliphatic heterocycles. The topological polar surface area (TPSA) is 59.1 Å². The van der Waals surface area contributed by atoms with Gasteiger partial charge >= 0.3 is 0 Å². The van der Waals surface area contributed by atoms with Crippen LogP contribution in [0.15, 0.2) is 18.2 Å². The maximum atomic E-state index is 12.4. The van der Waals surface area contributed by atoms with Crippen LogP contribution in [0.5, 0.6) is 11.5 Å². The zero-order valence-corrected chi connectivity index (χ0v) is 12.7. The van der Waals surface area contributed by atoms with Crippen molar-refractivity contribution in [2.75, 3.05) is 31.3 Å². The summed E-state index contributed by atoms with van der Waals surface area (Å²) in [5.41, 5.74) is 0.655. The van der Waals surface area contributed by atoms with Crippen molar-refractivity contribution in [1.82, 2.24) is 4.90 Å². The molecule has 1 aromatic rings. The van der Waals surface area contributed by atoms with Gasteiger partial charge < -0.3 is 19.3 Å². The van der Waals surface area contributed by atoms with Crippen LogP contribution in [0.25, 0.3) is 0 Å². The predicted octanol–water partition coefficient (Wildman–Crippen LogP) is 1.78. The van der Waals surface area contributed by atoms with E-state index >= 15 is 0 Å². The average Bonchev–Trinajstić information content (AvgIpc) is 3.00. The van der Waals surface area contributed by atoms with Crippen LogP contribution in [0, 0.1) is 0 Å². The summed E-state index contributed by atoms with van der Waals surface area (Å²) in [6.07, 6.45) is 3.24. The van der Waals surface area contributed by atoms with Crippen molar-refractivity contribution < 1.29 is 19.1 Å². The number of carbonyl (C=O) groups is 2. The number of benzene rings is 1. The van der Waals surface area contributed by atoms with Gasteiger partial charge in [-0.05, 0) is 31.4 Å². The van der Waals surface area contributed by atoms with Crippen LogP contribution in [0.1, 0.15) is 26.2 Å². The molecule has 2 heterocycles. The molecule has 0 atom stereocenters. The van der Waals surface area contributed by atoms with Crippen molar-refractivity contribution in [3.8, 4) is 11.5 Å². The summed E-state index contributed by atoms with van der Waals surface area (Å²) in [5.74, 6) is 1.10. The minimum Gasteiger partial charge on any atom is -0.454 e. The van der Waals surface area contributed by atoms with Gasteiger partial charge in [-0.25, -0.2) is 0 Å². The molecule has 1 fully saturated rings. The summed E-state index contributed by atoms with van der Waals surface area (Å²) in [6, 6.07) is 5.28. The molecule has 1 saturated heterocycles. The number of ether oxygens (including phenoxy) is 2. The first kappa shape index (κ1) is 14.7. The number of hydrogen-bond acceptors (Lipinski definition) is 4. The van der Waals surface area contributed by atoms with Gasteiger partial charge in [0.25, 0.3) is 0 Å². The van der Waals surface area contributed by atoms with Gasteiger partial charge in [0.15, 0.2) is 11.5 Å². The smallest absolute Gasteiger partial charge is 0.242 e. The van der Waals surface area contributed by atoms with E-state index in [1.165, 1.54) is 18.2 Å². The van der Waals surface area contributed by atoms with Gasteiger partial charge in [0, 0.05) is 31.8 Å². The fourth-order valence-corrected chi connectivity index (χ4v) is 2.82. The summed E-state index contributed by atoms with van der Waals surface area (Å²) < 4.78 is 10.6. The van der Waals surface area contributed by atoms with Crippen molar-refractivity contribution >= 4 is 17.5 Å². The Morgan fingerprint density at radius 1 is 1.14 bits per heavy atom. The first-order valence-electron chi connectivity index (χ1n) is 7.60. The van der Waals surface area contributed by atoms with Gasteiger partial charge in [0.05, 0.1) is 0 Å². The van der Waals surface area contributed by atoms with E-state index in [-0.39, 0.29) is 25.2 Å². The normalized spacial score (nSPS) is 16.5. The van der Waals surface area contributed by atoms with Crippen LogP contribution in [0.3, 0.4) is 0 Å². The molecule has 0 N–H and O–H groups in total. The van der Waals surface area contributed by atoms with Crippen molar-refractivity contribution in [3.63, 3.8) is 0 Å². The third-order valence-corrected chi connectivity index (χ3v) is 4.05. The number of hydrogen-bond donors (Lipinski definition) is 0. The molecule has 2 amide bonds. The highest BCUT2D eigenvalue weighted by Crippen LogP contribution is 2.35. The minimum absolute atomic E-state index is 0.00688. The molecule has 0 spiro atoms. The molecular formula is C16H20N2O4. The molecule has 2 aliphatic rings. The monoisotopic (exact) mass is 304 g/mol. The van der Waals surface area contributed by atoms with E-state index < -0.39 is 0 Å². The third-order valence-electron chi connectivity index (χ3n) is 4.05. The van der Waals surface area contributed by atoms with Gasteiger partial charge in [-0.15, -0.1) is 0 Å². The number of carbonyl (C=O) groups excluding carboxylic acids is 2. The second-order valence-corrected chi connectivity index (χ2v) is 5.58. The molecule has 6 nitrogen and oxygen atoms in total. The summed E-state index contributed by atoms with van der Waals surface area (Å²) in [7, 11) is 0. The Balaban J connectivity index is 1.75. The Labute approximate surface area is 129 Å². The van der Waals surface area contributed by atoms with Crippen LogP contribution >= 0.6 is 0 Å². The molecule has 22 heavy (non-hydrogen) atoms. The van der Waals surface area contributed by atoms with E-state index in [9.17, 15) is 9.59 Å². The van der Waals surface area contributed by atoms with Crippen LogP contribution in [-0.2, 0) is 9.59 Å². The van der Waals surface area contributed by atoms with Crippen molar-refractivity contribution in [3.05, 3.63) is 18.2 Å². The molecule has 0 radical (unpaired) electrons. The molecule has 0 aliphatic carbocycles. The molecule has 0 saturated carbocycles. The van der Waals surface area contributed by atoms with E-state index in [0.29, 0.717) is 17.2 Å². The van der Waals surface area contributed by atoms with Crippen LogP contribution < -0.4 is 14.4 Å². The van der Waals surface area contributed by atoms with Gasteiger partial charge in [0.2, 0.25) is 18.6 Å². The molecule has 1 aromatic carbocycles. The quantitative estimate of drug-likeness (QED) is 0.854. The number of likely N-dealkylation sites (tertiary alicyclic amines) is 1. The van der Waals surface area contributed by atoms with Crippen LogP contribution in [0.4, 0.5) is 5.69 Å². The largest absolute Gasteiger partial charge is 0.454 e. The summed E-state index contributed by atoms with van der Waals surface area (Å²) >= 11 is 0. The molecule has 0 unspecified atom stereocenters. The average molecular weight is 304 g/mol. The van der Waals surface area contributed by atoms with Crippen molar-refractivity contribution in [2.45, 2.75) is 26.2 Å².